The van der Waals surface area contributed by atoms with Gasteiger partial charge in [0.2, 0.25) is 18.6 Å². The fourth-order valence-corrected chi connectivity index (χ4v) is 2.99. The van der Waals surface area contributed by atoms with Crippen molar-refractivity contribution < 1.29 is 18.7 Å². The van der Waals surface area contributed by atoms with Crippen molar-refractivity contribution in [2.75, 3.05) is 43.3 Å². The molecule has 1 saturated heterocycles. The second-order valence-corrected chi connectivity index (χ2v) is 6.11. The van der Waals surface area contributed by atoms with Crippen molar-refractivity contribution in [3.8, 4) is 22.8 Å². The summed E-state index contributed by atoms with van der Waals surface area (Å²) in [5.74, 6) is 3.24. The number of aromatic nitrogens is 3. The molecule has 2 aliphatic heterocycles. The van der Waals surface area contributed by atoms with Gasteiger partial charge in [0.05, 0.1) is 13.2 Å². The van der Waals surface area contributed by atoms with Gasteiger partial charge in [0.1, 0.15) is 11.5 Å². The van der Waals surface area contributed by atoms with Crippen molar-refractivity contribution in [2.45, 2.75) is 0 Å². The third-order valence-corrected chi connectivity index (χ3v) is 4.37. The number of fused-ring (bicyclic) bond motifs is 1. The Kier molecular flexibility index (Phi) is 3.98. The number of nitrogens with one attached hydrogen (secondary N) is 1. The monoisotopic (exact) mass is 367 g/mol. The van der Waals surface area contributed by atoms with Gasteiger partial charge in [-0.05, 0) is 24.3 Å². The average molecular weight is 367 g/mol. The molecule has 1 fully saturated rings. The summed E-state index contributed by atoms with van der Waals surface area (Å²) >= 11 is 0. The zero-order chi connectivity index (χ0) is 18.1. The molecule has 1 N–H and O–H groups in total. The number of morpholine rings is 1. The molecular formula is C18H17N5O4. The molecule has 5 rings (SSSR count). The molecule has 0 aliphatic carbocycles. The maximum Gasteiger partial charge on any atom is 0.231 e. The van der Waals surface area contributed by atoms with E-state index in [-0.39, 0.29) is 6.79 Å². The quantitative estimate of drug-likeness (QED) is 0.746. The highest BCUT2D eigenvalue weighted by Crippen LogP contribution is 2.36. The molecule has 4 heterocycles. The molecule has 138 valence electrons. The van der Waals surface area contributed by atoms with Gasteiger partial charge in [0.25, 0.3) is 0 Å². The molecule has 0 radical (unpaired) electrons. The van der Waals surface area contributed by atoms with Crippen molar-refractivity contribution in [2.24, 2.45) is 0 Å². The van der Waals surface area contributed by atoms with Crippen molar-refractivity contribution in [3.63, 3.8) is 0 Å². The van der Waals surface area contributed by atoms with E-state index in [1.807, 2.05) is 24.3 Å². The first-order valence-electron chi connectivity index (χ1n) is 8.65. The zero-order valence-electron chi connectivity index (χ0n) is 14.4. The molecule has 2 aliphatic rings. The average Bonchev–Trinajstić information content (AvgIpc) is 3.37. The van der Waals surface area contributed by atoms with Gasteiger partial charge in [0, 0.05) is 30.9 Å². The van der Waals surface area contributed by atoms with Crippen molar-refractivity contribution in [1.29, 1.82) is 0 Å². The van der Waals surface area contributed by atoms with E-state index in [2.05, 4.69) is 25.3 Å². The first-order valence-corrected chi connectivity index (χ1v) is 8.65. The standard InChI is InChI=1S/C18H17N5O4/c1-2-14-15(26-11-25-14)9-12(1)13-10-17(27-22-13)20-16-3-4-19-18(21-16)23-5-7-24-8-6-23/h1-4,9-10H,5-8,11H2,(H,19,20,21). The van der Waals surface area contributed by atoms with E-state index < -0.39 is 0 Å². The van der Waals surface area contributed by atoms with Crippen LogP contribution in [-0.2, 0) is 4.74 Å². The zero-order valence-corrected chi connectivity index (χ0v) is 14.4. The Morgan fingerprint density at radius 1 is 1.00 bits per heavy atom. The number of nitrogens with zero attached hydrogens (tertiary/aromatic N) is 4. The van der Waals surface area contributed by atoms with E-state index in [0.29, 0.717) is 42.3 Å². The van der Waals surface area contributed by atoms with Gasteiger partial charge >= 0.3 is 0 Å². The van der Waals surface area contributed by atoms with E-state index in [1.165, 1.54) is 0 Å². The molecule has 0 bridgehead atoms. The molecule has 1 aromatic carbocycles. The van der Waals surface area contributed by atoms with Gasteiger partial charge in [-0.2, -0.15) is 4.98 Å². The van der Waals surface area contributed by atoms with E-state index >= 15 is 0 Å². The lowest BCUT2D eigenvalue weighted by Crippen LogP contribution is -2.37. The molecule has 9 nitrogen and oxygen atoms in total. The molecule has 0 amide bonds. The van der Waals surface area contributed by atoms with Gasteiger partial charge in [0.15, 0.2) is 11.5 Å². The van der Waals surface area contributed by atoms with Gasteiger partial charge < -0.3 is 29.0 Å². The molecule has 0 spiro atoms. The predicted molar refractivity (Wildman–Crippen MR) is 96.4 cm³/mol. The highest BCUT2D eigenvalue weighted by molar-refractivity contribution is 5.67. The minimum absolute atomic E-state index is 0.240. The lowest BCUT2D eigenvalue weighted by atomic mass is 10.1. The van der Waals surface area contributed by atoms with Gasteiger partial charge in [-0.15, -0.1) is 0 Å². The van der Waals surface area contributed by atoms with Crippen LogP contribution < -0.4 is 19.7 Å². The Hall–Kier alpha value is -3.33. The van der Waals surface area contributed by atoms with Crippen LogP contribution in [0.4, 0.5) is 17.7 Å². The molecule has 27 heavy (non-hydrogen) atoms. The Morgan fingerprint density at radius 3 is 2.81 bits per heavy atom. The van der Waals surface area contributed by atoms with Crippen molar-refractivity contribution in [3.05, 3.63) is 36.5 Å². The Labute approximate surface area is 154 Å². The number of hydrogen-bond acceptors (Lipinski definition) is 9. The molecule has 0 atom stereocenters. The van der Waals surface area contributed by atoms with Crippen LogP contribution in [-0.4, -0.2) is 48.2 Å². The van der Waals surface area contributed by atoms with Crippen LogP contribution in [0.3, 0.4) is 0 Å². The molecule has 9 heteroatoms. The number of anilines is 3. The first-order chi connectivity index (χ1) is 13.3. The van der Waals surface area contributed by atoms with Crippen molar-refractivity contribution in [1.82, 2.24) is 15.1 Å². The van der Waals surface area contributed by atoms with Gasteiger partial charge in [-0.1, -0.05) is 5.16 Å². The maximum atomic E-state index is 5.41. The maximum absolute atomic E-state index is 5.41. The normalized spacial score (nSPS) is 15.8. The van der Waals surface area contributed by atoms with Gasteiger partial charge in [-0.25, -0.2) is 4.98 Å². The topological polar surface area (TPSA) is 94.8 Å². The Morgan fingerprint density at radius 2 is 1.89 bits per heavy atom. The highest BCUT2D eigenvalue weighted by atomic mass is 16.7. The summed E-state index contributed by atoms with van der Waals surface area (Å²) in [6.07, 6.45) is 1.72. The van der Waals surface area contributed by atoms with Crippen LogP contribution in [0.2, 0.25) is 0 Å². The summed E-state index contributed by atoms with van der Waals surface area (Å²) in [5.41, 5.74) is 1.58. The molecule has 3 aromatic rings. The molecule has 2 aromatic heterocycles. The van der Waals surface area contributed by atoms with Gasteiger partial charge in [-0.3, -0.25) is 0 Å². The second-order valence-electron chi connectivity index (χ2n) is 6.11. The summed E-state index contributed by atoms with van der Waals surface area (Å²) in [5, 5.41) is 7.25. The van der Waals surface area contributed by atoms with Crippen LogP contribution in [0.25, 0.3) is 11.3 Å². The minimum atomic E-state index is 0.240. The highest BCUT2D eigenvalue weighted by Gasteiger charge is 2.17. The number of rotatable bonds is 4. The lowest BCUT2D eigenvalue weighted by molar-refractivity contribution is 0.122. The largest absolute Gasteiger partial charge is 0.454 e. The Balaban J connectivity index is 1.33. The van der Waals surface area contributed by atoms with Crippen LogP contribution >= 0.6 is 0 Å². The third kappa shape index (κ3) is 3.24. The third-order valence-electron chi connectivity index (χ3n) is 4.37. The fraction of sp³-hybridized carbons (Fsp3) is 0.278. The summed E-state index contributed by atoms with van der Waals surface area (Å²) in [6.45, 7) is 3.16. The smallest absolute Gasteiger partial charge is 0.231 e. The van der Waals surface area contributed by atoms with Crippen molar-refractivity contribution >= 4 is 17.7 Å². The molecular weight excluding hydrogens is 350 g/mol. The molecule has 0 unspecified atom stereocenters. The van der Waals surface area contributed by atoms with E-state index in [9.17, 15) is 0 Å². The number of benzene rings is 1. The first kappa shape index (κ1) is 15.9. The summed E-state index contributed by atoms with van der Waals surface area (Å²) in [6, 6.07) is 9.25. The second kappa shape index (κ2) is 6.76. The van der Waals surface area contributed by atoms with E-state index in [0.717, 1.165) is 24.4 Å². The lowest BCUT2D eigenvalue weighted by Gasteiger charge is -2.26. The van der Waals surface area contributed by atoms with Crippen LogP contribution in [0.5, 0.6) is 11.5 Å². The fourth-order valence-electron chi connectivity index (χ4n) is 2.99. The van der Waals surface area contributed by atoms with E-state index in [1.54, 1.807) is 12.3 Å². The molecule has 0 saturated carbocycles. The van der Waals surface area contributed by atoms with Crippen LogP contribution in [0, 0.1) is 0 Å². The SMILES string of the molecule is c1cc(Nc2cc(-c3ccc4c(c3)OCO4)no2)nc(N2CCOCC2)n1. The van der Waals surface area contributed by atoms with E-state index in [4.69, 9.17) is 18.7 Å². The summed E-state index contributed by atoms with van der Waals surface area (Å²) in [7, 11) is 0. The van der Waals surface area contributed by atoms with Crippen LogP contribution in [0.15, 0.2) is 41.1 Å². The number of hydrogen-bond donors (Lipinski definition) is 1. The predicted octanol–water partition coefficient (Wildman–Crippen LogP) is 2.44. The Bertz CT molecular complexity index is 954. The summed E-state index contributed by atoms with van der Waals surface area (Å²) in [4.78, 5) is 11.0. The number of ether oxygens (including phenoxy) is 3. The summed E-state index contributed by atoms with van der Waals surface area (Å²) < 4.78 is 21.5. The minimum Gasteiger partial charge on any atom is -0.454 e. The van der Waals surface area contributed by atoms with Crippen LogP contribution in [0.1, 0.15) is 0 Å².